The third-order valence-electron chi connectivity index (χ3n) is 3.17. The van der Waals surface area contributed by atoms with E-state index < -0.39 is 0 Å². The van der Waals surface area contributed by atoms with Crippen molar-refractivity contribution in [3.63, 3.8) is 0 Å². The maximum Gasteiger partial charge on any atom is 0.239 e. The van der Waals surface area contributed by atoms with Gasteiger partial charge < -0.3 is 20.7 Å². The van der Waals surface area contributed by atoms with Crippen LogP contribution in [0.4, 0.5) is 11.4 Å². The minimum absolute atomic E-state index is 0.0376. The van der Waals surface area contributed by atoms with Crippen LogP contribution in [0.3, 0.4) is 0 Å². The molecule has 1 amide bonds. The zero-order chi connectivity index (χ0) is 14.7. The monoisotopic (exact) mass is 277 g/mol. The number of carbonyl (C=O) groups excluding carboxylic acids is 1. The van der Waals surface area contributed by atoms with Crippen molar-refractivity contribution in [2.24, 2.45) is 5.92 Å². The first-order chi connectivity index (χ1) is 9.45. The second-order valence-electron chi connectivity index (χ2n) is 5.73. The van der Waals surface area contributed by atoms with Gasteiger partial charge in [-0.25, -0.2) is 0 Å². The topological polar surface area (TPSA) is 67.6 Å². The summed E-state index contributed by atoms with van der Waals surface area (Å²) in [4.78, 5) is 14.0. The van der Waals surface area contributed by atoms with Gasteiger partial charge in [0.15, 0.2) is 0 Å². The highest BCUT2D eigenvalue weighted by Gasteiger charge is 2.24. The van der Waals surface area contributed by atoms with Gasteiger partial charge in [-0.05, 0) is 25.0 Å². The van der Waals surface area contributed by atoms with Gasteiger partial charge in [-0.15, -0.1) is 0 Å². The molecule has 0 spiro atoms. The summed E-state index contributed by atoms with van der Waals surface area (Å²) in [6.45, 7) is 7.90. The first kappa shape index (κ1) is 14.5. The molecule has 2 rings (SSSR count). The molecule has 1 aliphatic rings. The molecule has 5 heteroatoms. The smallest absolute Gasteiger partial charge is 0.239 e. The largest absolute Gasteiger partial charge is 0.487 e. The van der Waals surface area contributed by atoms with Crippen LogP contribution in [-0.4, -0.2) is 31.6 Å². The second-order valence-corrected chi connectivity index (χ2v) is 5.73. The number of ether oxygens (including phenoxy) is 1. The summed E-state index contributed by atoms with van der Waals surface area (Å²) in [5.41, 5.74) is 7.37. The highest BCUT2D eigenvalue weighted by molar-refractivity contribution is 5.82. The minimum atomic E-state index is 0.0376. The Kier molecular flexibility index (Phi) is 4.37. The number of hydrogen-bond acceptors (Lipinski definition) is 4. The van der Waals surface area contributed by atoms with Crippen LogP contribution in [0.25, 0.3) is 0 Å². The van der Waals surface area contributed by atoms with Gasteiger partial charge >= 0.3 is 0 Å². The van der Waals surface area contributed by atoms with Gasteiger partial charge in [0.25, 0.3) is 0 Å². The lowest BCUT2D eigenvalue weighted by Gasteiger charge is -2.34. The van der Waals surface area contributed by atoms with E-state index in [0.29, 0.717) is 31.2 Å². The van der Waals surface area contributed by atoms with Crippen molar-refractivity contribution < 1.29 is 9.53 Å². The number of nitrogens with two attached hydrogens (primary N) is 1. The maximum atomic E-state index is 12.0. The fraction of sp³-hybridized carbons (Fsp3) is 0.533. The highest BCUT2D eigenvalue weighted by Crippen LogP contribution is 2.34. The van der Waals surface area contributed by atoms with Crippen LogP contribution in [0.2, 0.25) is 0 Å². The molecule has 20 heavy (non-hydrogen) atoms. The number of amides is 1. The van der Waals surface area contributed by atoms with Crippen molar-refractivity contribution in [1.82, 2.24) is 5.32 Å². The molecule has 1 heterocycles. The van der Waals surface area contributed by atoms with Crippen molar-refractivity contribution >= 4 is 17.3 Å². The molecule has 1 aromatic carbocycles. The van der Waals surface area contributed by atoms with Gasteiger partial charge in [0.1, 0.15) is 11.9 Å². The number of anilines is 2. The molecule has 0 saturated carbocycles. The quantitative estimate of drug-likeness (QED) is 0.821. The summed E-state index contributed by atoms with van der Waals surface area (Å²) in [6, 6.07) is 5.55. The van der Waals surface area contributed by atoms with Crippen LogP contribution in [0.15, 0.2) is 18.2 Å². The van der Waals surface area contributed by atoms with E-state index in [4.69, 9.17) is 10.5 Å². The Labute approximate surface area is 120 Å². The number of hydrogen-bond donors (Lipinski definition) is 2. The van der Waals surface area contributed by atoms with Crippen molar-refractivity contribution in [2.75, 3.05) is 30.3 Å². The Bertz CT molecular complexity index is 488. The molecule has 0 fully saturated rings. The van der Waals surface area contributed by atoms with E-state index in [1.165, 1.54) is 0 Å². The first-order valence-electron chi connectivity index (χ1n) is 7.03. The van der Waals surface area contributed by atoms with E-state index in [-0.39, 0.29) is 12.0 Å². The summed E-state index contributed by atoms with van der Waals surface area (Å²) >= 11 is 0. The van der Waals surface area contributed by atoms with Gasteiger partial charge in [0, 0.05) is 18.3 Å². The molecule has 1 atom stereocenters. The third kappa shape index (κ3) is 3.56. The van der Waals surface area contributed by atoms with Crippen molar-refractivity contribution in [1.29, 1.82) is 0 Å². The molecule has 110 valence electrons. The Morgan fingerprint density at radius 1 is 1.55 bits per heavy atom. The molecule has 1 aliphatic heterocycles. The zero-order valence-electron chi connectivity index (χ0n) is 12.3. The Balaban J connectivity index is 2.07. The molecule has 5 nitrogen and oxygen atoms in total. The van der Waals surface area contributed by atoms with Crippen LogP contribution in [0.5, 0.6) is 5.75 Å². The van der Waals surface area contributed by atoms with E-state index in [9.17, 15) is 4.79 Å². The van der Waals surface area contributed by atoms with Crippen LogP contribution >= 0.6 is 0 Å². The van der Waals surface area contributed by atoms with E-state index in [1.54, 1.807) is 0 Å². The Morgan fingerprint density at radius 3 is 3.00 bits per heavy atom. The number of fused-ring (bicyclic) bond motifs is 1. The standard InChI is InChI=1S/C15H23N3O2/c1-10(2)7-17-15(19)9-18-8-11(3)20-14-6-12(16)4-5-13(14)18/h4-6,10-11H,7-9,16H2,1-3H3,(H,17,19). The summed E-state index contributed by atoms with van der Waals surface area (Å²) in [6.07, 6.45) is 0.0437. The van der Waals surface area contributed by atoms with Gasteiger partial charge in [-0.1, -0.05) is 13.8 Å². The number of nitrogen functional groups attached to an aromatic ring is 1. The van der Waals surface area contributed by atoms with E-state index in [1.807, 2.05) is 30.0 Å². The highest BCUT2D eigenvalue weighted by atomic mass is 16.5. The number of carbonyl (C=O) groups is 1. The van der Waals surface area contributed by atoms with Crippen molar-refractivity contribution in [3.8, 4) is 5.75 Å². The average molecular weight is 277 g/mol. The lowest BCUT2D eigenvalue weighted by molar-refractivity contribution is -0.120. The maximum absolute atomic E-state index is 12.0. The molecular formula is C15H23N3O2. The third-order valence-corrected chi connectivity index (χ3v) is 3.17. The molecule has 1 unspecified atom stereocenters. The van der Waals surface area contributed by atoms with Gasteiger partial charge in [0.2, 0.25) is 5.91 Å². The molecule has 0 bridgehead atoms. The van der Waals surface area contributed by atoms with E-state index in [0.717, 1.165) is 11.4 Å². The SMILES string of the molecule is CC(C)CNC(=O)CN1CC(C)Oc2cc(N)ccc21. The first-order valence-corrected chi connectivity index (χ1v) is 7.03. The molecule has 0 aromatic heterocycles. The molecular weight excluding hydrogens is 254 g/mol. The van der Waals surface area contributed by atoms with Gasteiger partial charge in [-0.3, -0.25) is 4.79 Å². The van der Waals surface area contributed by atoms with Crippen molar-refractivity contribution in [3.05, 3.63) is 18.2 Å². The predicted molar refractivity (Wildman–Crippen MR) is 81.0 cm³/mol. The summed E-state index contributed by atoms with van der Waals surface area (Å²) in [7, 11) is 0. The van der Waals surface area contributed by atoms with E-state index in [2.05, 4.69) is 19.2 Å². The summed E-state index contributed by atoms with van der Waals surface area (Å²) in [5, 5.41) is 2.94. The molecule has 0 saturated heterocycles. The molecule has 0 radical (unpaired) electrons. The lowest BCUT2D eigenvalue weighted by Crippen LogP contribution is -2.44. The number of benzene rings is 1. The minimum Gasteiger partial charge on any atom is -0.487 e. The average Bonchev–Trinajstić information content (AvgIpc) is 2.35. The van der Waals surface area contributed by atoms with Crippen LogP contribution in [-0.2, 0) is 4.79 Å². The van der Waals surface area contributed by atoms with Crippen LogP contribution in [0.1, 0.15) is 20.8 Å². The van der Waals surface area contributed by atoms with Crippen molar-refractivity contribution in [2.45, 2.75) is 26.9 Å². The Hall–Kier alpha value is -1.91. The fourth-order valence-electron chi connectivity index (χ4n) is 2.25. The molecule has 0 aliphatic carbocycles. The lowest BCUT2D eigenvalue weighted by atomic mass is 10.1. The number of rotatable bonds is 4. The fourth-order valence-corrected chi connectivity index (χ4v) is 2.25. The summed E-state index contributed by atoms with van der Waals surface area (Å²) in [5.74, 6) is 1.24. The molecule has 3 N–H and O–H groups in total. The Morgan fingerprint density at radius 2 is 2.30 bits per heavy atom. The summed E-state index contributed by atoms with van der Waals surface area (Å²) < 4.78 is 5.77. The zero-order valence-corrected chi connectivity index (χ0v) is 12.3. The normalized spacial score (nSPS) is 17.6. The van der Waals surface area contributed by atoms with Gasteiger partial charge in [0.05, 0.1) is 18.8 Å². The number of nitrogens with one attached hydrogen (secondary N) is 1. The van der Waals surface area contributed by atoms with Crippen LogP contribution < -0.4 is 20.7 Å². The second kappa shape index (κ2) is 6.03. The van der Waals surface area contributed by atoms with E-state index >= 15 is 0 Å². The number of nitrogens with zero attached hydrogens (tertiary/aromatic N) is 1. The molecule has 1 aromatic rings. The van der Waals surface area contributed by atoms with Gasteiger partial charge in [-0.2, -0.15) is 0 Å². The predicted octanol–water partition coefficient (Wildman–Crippen LogP) is 1.63. The van der Waals surface area contributed by atoms with Crippen LogP contribution in [0, 0.1) is 5.92 Å².